The topological polar surface area (TPSA) is 107 Å². The highest BCUT2D eigenvalue weighted by Crippen LogP contribution is 2.30. The lowest BCUT2D eigenvalue weighted by Gasteiger charge is -2.30. The van der Waals surface area contributed by atoms with E-state index in [2.05, 4.69) is 12.2 Å². The number of fused-ring (bicyclic) bond motifs is 1. The minimum atomic E-state index is -3.85. The fourth-order valence-electron chi connectivity index (χ4n) is 4.27. The first-order valence-corrected chi connectivity index (χ1v) is 12.8. The second kappa shape index (κ2) is 10.1. The van der Waals surface area contributed by atoms with Crippen molar-refractivity contribution in [2.24, 2.45) is 5.92 Å². The lowest BCUT2D eigenvalue weighted by molar-refractivity contribution is -0.116. The first kappa shape index (κ1) is 24.7. The van der Waals surface area contributed by atoms with E-state index in [4.69, 9.17) is 9.47 Å². The van der Waals surface area contributed by atoms with Crippen LogP contribution in [0, 0.1) is 5.92 Å². The fourth-order valence-corrected chi connectivity index (χ4v) is 5.95. The normalized spacial score (nSPS) is 15.2. The number of piperidine rings is 1. The Morgan fingerprint density at radius 2 is 1.69 bits per heavy atom. The number of methoxy groups -OCH3 is 2. The molecule has 1 N–H and O–H groups in total. The molecule has 0 aliphatic carbocycles. The largest absolute Gasteiger partial charge is 0.493 e. The first-order valence-electron chi connectivity index (χ1n) is 11.4. The number of ether oxygens (including phenoxy) is 2. The molecule has 2 heterocycles. The van der Waals surface area contributed by atoms with Gasteiger partial charge < -0.3 is 19.4 Å². The molecule has 1 amide bonds. The second-order valence-corrected chi connectivity index (χ2v) is 10.6. The van der Waals surface area contributed by atoms with Gasteiger partial charge in [-0.3, -0.25) is 9.59 Å². The van der Waals surface area contributed by atoms with Crippen molar-refractivity contribution in [2.45, 2.75) is 31.2 Å². The zero-order valence-corrected chi connectivity index (χ0v) is 20.8. The van der Waals surface area contributed by atoms with Crippen LogP contribution in [-0.2, 0) is 21.4 Å². The number of carbonyl (C=O) groups is 1. The molecule has 0 atom stereocenters. The van der Waals surface area contributed by atoms with Gasteiger partial charge in [0.05, 0.1) is 14.2 Å². The maximum atomic E-state index is 13.6. The first-order chi connectivity index (χ1) is 16.7. The number of aromatic nitrogens is 1. The molecule has 0 spiro atoms. The fraction of sp³-hybridized carbons (Fsp3) is 0.360. The smallest absolute Gasteiger partial charge is 0.258 e. The number of anilines is 1. The van der Waals surface area contributed by atoms with Crippen LogP contribution in [-0.4, -0.2) is 50.5 Å². The van der Waals surface area contributed by atoms with Crippen LogP contribution in [0.15, 0.2) is 58.4 Å². The molecule has 0 unspecified atom stereocenters. The number of sulfonamides is 1. The van der Waals surface area contributed by atoms with E-state index in [1.165, 1.54) is 24.7 Å². The molecule has 0 bridgehead atoms. The number of pyridine rings is 1. The van der Waals surface area contributed by atoms with E-state index in [0.29, 0.717) is 41.6 Å². The Labute approximate surface area is 204 Å². The van der Waals surface area contributed by atoms with Gasteiger partial charge in [0.2, 0.25) is 15.9 Å². The van der Waals surface area contributed by atoms with Crippen LogP contribution in [0.2, 0.25) is 0 Å². The molecule has 35 heavy (non-hydrogen) atoms. The van der Waals surface area contributed by atoms with Gasteiger partial charge in [0.15, 0.2) is 11.5 Å². The molecule has 186 valence electrons. The number of amides is 1. The average molecular weight is 500 g/mol. The molecule has 1 aliphatic rings. The summed E-state index contributed by atoms with van der Waals surface area (Å²) >= 11 is 0. The Balaban J connectivity index is 1.68. The number of rotatable bonds is 7. The third kappa shape index (κ3) is 5.03. The zero-order chi connectivity index (χ0) is 25.2. The highest BCUT2D eigenvalue weighted by Gasteiger charge is 2.30. The number of hydrogen-bond acceptors (Lipinski definition) is 6. The maximum Gasteiger partial charge on any atom is 0.258 e. The van der Waals surface area contributed by atoms with Crippen molar-refractivity contribution in [1.82, 2.24) is 8.87 Å². The molecule has 10 heteroatoms. The van der Waals surface area contributed by atoms with Crippen molar-refractivity contribution in [2.75, 3.05) is 32.6 Å². The van der Waals surface area contributed by atoms with Gasteiger partial charge in [-0.15, -0.1) is 0 Å². The molecule has 0 radical (unpaired) electrons. The van der Waals surface area contributed by atoms with E-state index in [1.807, 2.05) is 0 Å². The molecule has 1 aliphatic heterocycles. The van der Waals surface area contributed by atoms with Crippen LogP contribution >= 0.6 is 0 Å². The van der Waals surface area contributed by atoms with Gasteiger partial charge in [0.25, 0.3) is 5.56 Å². The summed E-state index contributed by atoms with van der Waals surface area (Å²) in [7, 11) is -0.850. The van der Waals surface area contributed by atoms with Crippen LogP contribution in [0.25, 0.3) is 10.8 Å². The molecule has 9 nitrogen and oxygen atoms in total. The van der Waals surface area contributed by atoms with Gasteiger partial charge in [-0.2, -0.15) is 4.31 Å². The predicted molar refractivity (Wildman–Crippen MR) is 134 cm³/mol. The number of carbonyl (C=O) groups excluding carboxylic acids is 1. The molecule has 3 aromatic rings. The highest BCUT2D eigenvalue weighted by atomic mass is 32.2. The van der Waals surface area contributed by atoms with E-state index in [0.717, 1.165) is 17.4 Å². The maximum absolute atomic E-state index is 13.6. The van der Waals surface area contributed by atoms with Gasteiger partial charge in [-0.05, 0) is 37.0 Å². The van der Waals surface area contributed by atoms with Gasteiger partial charge in [-0.25, -0.2) is 8.42 Å². The van der Waals surface area contributed by atoms with Crippen LogP contribution in [0.4, 0.5) is 5.69 Å². The summed E-state index contributed by atoms with van der Waals surface area (Å²) in [6, 6.07) is 11.5. The Morgan fingerprint density at radius 3 is 2.34 bits per heavy atom. The SMILES string of the molecule is COc1ccc(NC(=O)Cn2cc(S(=O)(=O)N3CCC(C)CC3)c3ccccc3c2=O)cc1OC. The van der Waals surface area contributed by atoms with Crippen molar-refractivity contribution >= 4 is 32.4 Å². The van der Waals surface area contributed by atoms with Crippen LogP contribution in [0.5, 0.6) is 11.5 Å². The standard InChI is InChI=1S/C25H29N3O6S/c1-17-10-12-28(13-11-17)35(31,32)23-15-27(25(30)20-7-5-4-6-19(20)23)16-24(29)26-18-8-9-21(33-2)22(14-18)34-3/h4-9,14-15,17H,10-13,16H2,1-3H3,(H,26,29). The summed E-state index contributed by atoms with van der Waals surface area (Å²) in [6.07, 6.45) is 2.85. The lowest BCUT2D eigenvalue weighted by Crippen LogP contribution is -2.38. The molecular formula is C25H29N3O6S. The van der Waals surface area contributed by atoms with E-state index >= 15 is 0 Å². The monoisotopic (exact) mass is 499 g/mol. The number of benzene rings is 2. The van der Waals surface area contributed by atoms with Gasteiger partial charge in [0.1, 0.15) is 11.4 Å². The van der Waals surface area contributed by atoms with Crippen molar-refractivity contribution in [3.05, 3.63) is 59.0 Å². The van der Waals surface area contributed by atoms with Gasteiger partial charge in [-0.1, -0.05) is 25.1 Å². The Morgan fingerprint density at radius 1 is 1.03 bits per heavy atom. The van der Waals surface area contributed by atoms with Crippen LogP contribution in [0.1, 0.15) is 19.8 Å². The minimum absolute atomic E-state index is 0.0289. The summed E-state index contributed by atoms with van der Waals surface area (Å²) in [5, 5.41) is 3.33. The zero-order valence-electron chi connectivity index (χ0n) is 20.0. The average Bonchev–Trinajstić information content (AvgIpc) is 2.85. The van der Waals surface area contributed by atoms with E-state index in [-0.39, 0.29) is 16.8 Å². The van der Waals surface area contributed by atoms with E-state index < -0.39 is 21.5 Å². The molecular weight excluding hydrogens is 470 g/mol. The summed E-state index contributed by atoms with van der Waals surface area (Å²) in [5.74, 6) is 0.938. The summed E-state index contributed by atoms with van der Waals surface area (Å²) in [5.41, 5.74) is 0.0195. The molecule has 1 aromatic heterocycles. The number of nitrogens with zero attached hydrogens (tertiary/aromatic N) is 2. The Hall–Kier alpha value is -3.37. The summed E-state index contributed by atoms with van der Waals surface area (Å²) < 4.78 is 40.2. The molecule has 0 saturated carbocycles. The molecule has 4 rings (SSSR count). The quantitative estimate of drug-likeness (QED) is 0.536. The third-order valence-corrected chi connectivity index (χ3v) is 8.22. The predicted octanol–water partition coefficient (Wildman–Crippen LogP) is 3.08. The molecule has 1 saturated heterocycles. The number of nitrogens with one attached hydrogen (secondary N) is 1. The van der Waals surface area contributed by atoms with Crippen molar-refractivity contribution in [3.8, 4) is 11.5 Å². The highest BCUT2D eigenvalue weighted by molar-refractivity contribution is 7.89. The van der Waals surface area contributed by atoms with Crippen LogP contribution in [0.3, 0.4) is 0 Å². The lowest BCUT2D eigenvalue weighted by atomic mass is 10.0. The third-order valence-electron chi connectivity index (χ3n) is 6.30. The van der Waals surface area contributed by atoms with Crippen molar-refractivity contribution in [3.63, 3.8) is 0 Å². The van der Waals surface area contributed by atoms with E-state index in [9.17, 15) is 18.0 Å². The van der Waals surface area contributed by atoms with Crippen molar-refractivity contribution in [1.29, 1.82) is 0 Å². The van der Waals surface area contributed by atoms with Crippen LogP contribution < -0.4 is 20.3 Å². The number of hydrogen-bond donors (Lipinski definition) is 1. The van der Waals surface area contributed by atoms with E-state index in [1.54, 1.807) is 42.5 Å². The van der Waals surface area contributed by atoms with Crippen molar-refractivity contribution < 1.29 is 22.7 Å². The summed E-state index contributed by atoms with van der Waals surface area (Å²) in [4.78, 5) is 26.0. The molecule has 1 fully saturated rings. The molecule has 2 aromatic carbocycles. The second-order valence-electron chi connectivity index (χ2n) is 8.68. The minimum Gasteiger partial charge on any atom is -0.493 e. The van der Waals surface area contributed by atoms with Gasteiger partial charge in [0, 0.05) is 41.8 Å². The Kier molecular flexibility index (Phi) is 7.13. The Bertz CT molecular complexity index is 1410. The summed E-state index contributed by atoms with van der Waals surface area (Å²) in [6.45, 7) is 2.61. The van der Waals surface area contributed by atoms with Gasteiger partial charge >= 0.3 is 0 Å².